The molecule has 0 heterocycles. The van der Waals surface area contributed by atoms with E-state index in [2.05, 4.69) is 49.3 Å². The molecule has 0 spiro atoms. The summed E-state index contributed by atoms with van der Waals surface area (Å²) in [5.74, 6) is 1.33. The van der Waals surface area contributed by atoms with Gasteiger partial charge in [-0.2, -0.15) is 0 Å². The van der Waals surface area contributed by atoms with Crippen LogP contribution in [0.25, 0.3) is 0 Å². The molecule has 4 nitrogen and oxygen atoms in total. The number of guanidine groups is 1. The highest BCUT2D eigenvalue weighted by Crippen LogP contribution is 2.20. The van der Waals surface area contributed by atoms with Crippen LogP contribution >= 0.6 is 0 Å². The molecule has 0 fully saturated rings. The highest BCUT2D eigenvalue weighted by atomic mass is 16.5. The number of anilines is 1. The second kappa shape index (κ2) is 7.68. The molecule has 23 heavy (non-hydrogen) atoms. The minimum atomic E-state index is 0.430. The molecule has 0 unspecified atom stereocenters. The van der Waals surface area contributed by atoms with Gasteiger partial charge in [0.1, 0.15) is 5.75 Å². The molecule has 2 aromatic rings. The van der Waals surface area contributed by atoms with Crippen LogP contribution in [0.4, 0.5) is 5.69 Å². The molecule has 0 aliphatic rings. The van der Waals surface area contributed by atoms with Crippen molar-refractivity contribution in [1.29, 1.82) is 0 Å². The Hall–Kier alpha value is -2.49. The van der Waals surface area contributed by atoms with Gasteiger partial charge in [0.15, 0.2) is 5.96 Å². The zero-order valence-corrected chi connectivity index (χ0v) is 14.3. The van der Waals surface area contributed by atoms with Gasteiger partial charge < -0.3 is 15.8 Å². The van der Waals surface area contributed by atoms with Crippen LogP contribution in [0.2, 0.25) is 0 Å². The van der Waals surface area contributed by atoms with E-state index in [0.29, 0.717) is 12.5 Å². The van der Waals surface area contributed by atoms with Gasteiger partial charge in [0.25, 0.3) is 0 Å². The van der Waals surface area contributed by atoms with E-state index in [9.17, 15) is 0 Å². The second-order valence-electron chi connectivity index (χ2n) is 5.76. The minimum Gasteiger partial charge on any atom is -0.496 e. The zero-order chi connectivity index (χ0) is 16.8. The lowest BCUT2D eigenvalue weighted by atomic mass is 10.1. The lowest BCUT2D eigenvalue weighted by molar-refractivity contribution is 0.409. The van der Waals surface area contributed by atoms with Crippen molar-refractivity contribution >= 4 is 11.6 Å². The average Bonchev–Trinajstić information content (AvgIpc) is 2.51. The maximum atomic E-state index is 5.97. The van der Waals surface area contributed by atoms with Crippen LogP contribution in [0.15, 0.2) is 41.4 Å². The Morgan fingerprint density at radius 2 is 1.87 bits per heavy atom. The van der Waals surface area contributed by atoms with E-state index in [1.54, 1.807) is 7.11 Å². The van der Waals surface area contributed by atoms with Crippen LogP contribution in [0.3, 0.4) is 0 Å². The first kappa shape index (κ1) is 16.9. The van der Waals surface area contributed by atoms with E-state index in [1.165, 1.54) is 16.7 Å². The molecule has 0 saturated carbocycles. The van der Waals surface area contributed by atoms with Gasteiger partial charge in [0.05, 0.1) is 7.11 Å². The Morgan fingerprint density at radius 1 is 1.09 bits per heavy atom. The molecule has 4 heteroatoms. The summed E-state index contributed by atoms with van der Waals surface area (Å²) in [6, 6.07) is 12.3. The molecular formula is C19H25N3O. The fourth-order valence-corrected chi connectivity index (χ4v) is 2.41. The quantitative estimate of drug-likeness (QED) is 0.655. The third-order valence-corrected chi connectivity index (χ3v) is 3.88. The number of ether oxygens (including phenoxy) is 1. The van der Waals surface area contributed by atoms with Gasteiger partial charge in [0.2, 0.25) is 0 Å². The number of hydrogen-bond acceptors (Lipinski definition) is 2. The number of nitrogens with two attached hydrogens (primary N) is 1. The first-order chi connectivity index (χ1) is 11.0. The molecule has 0 aliphatic carbocycles. The van der Waals surface area contributed by atoms with Crippen molar-refractivity contribution in [1.82, 2.24) is 0 Å². The number of rotatable bonds is 5. The van der Waals surface area contributed by atoms with Crippen molar-refractivity contribution < 1.29 is 4.74 Å². The van der Waals surface area contributed by atoms with Crippen LogP contribution in [-0.4, -0.2) is 19.6 Å². The minimum absolute atomic E-state index is 0.430. The molecule has 2 rings (SSSR count). The Labute approximate surface area is 138 Å². The summed E-state index contributed by atoms with van der Waals surface area (Å²) in [4.78, 5) is 4.40. The average molecular weight is 311 g/mol. The van der Waals surface area contributed by atoms with E-state index in [4.69, 9.17) is 10.5 Å². The molecule has 3 N–H and O–H groups in total. The monoisotopic (exact) mass is 311 g/mol. The number of benzene rings is 2. The number of hydrogen-bond donors (Lipinski definition) is 2. The van der Waals surface area contributed by atoms with Gasteiger partial charge >= 0.3 is 0 Å². The number of methoxy groups -OCH3 is 1. The molecule has 0 radical (unpaired) electrons. The number of nitrogens with zero attached hydrogens (tertiary/aromatic N) is 1. The first-order valence-electron chi connectivity index (χ1n) is 7.77. The van der Waals surface area contributed by atoms with Crippen molar-refractivity contribution in [3.63, 3.8) is 0 Å². The molecule has 122 valence electrons. The van der Waals surface area contributed by atoms with E-state index >= 15 is 0 Å². The highest BCUT2D eigenvalue weighted by molar-refractivity contribution is 5.92. The van der Waals surface area contributed by atoms with E-state index in [-0.39, 0.29) is 0 Å². The Bertz CT molecular complexity index is 708. The van der Waals surface area contributed by atoms with E-state index in [1.807, 2.05) is 18.2 Å². The largest absolute Gasteiger partial charge is 0.496 e. The van der Waals surface area contributed by atoms with Crippen LogP contribution in [0, 0.1) is 20.8 Å². The molecule has 0 saturated heterocycles. The van der Waals surface area contributed by atoms with Crippen molar-refractivity contribution in [3.05, 3.63) is 58.7 Å². The van der Waals surface area contributed by atoms with Crippen LogP contribution in [0.5, 0.6) is 5.75 Å². The van der Waals surface area contributed by atoms with E-state index < -0.39 is 0 Å². The fraction of sp³-hybridized carbons (Fsp3) is 0.316. The van der Waals surface area contributed by atoms with Crippen LogP contribution < -0.4 is 15.8 Å². The Kier molecular flexibility index (Phi) is 5.63. The van der Waals surface area contributed by atoms with Gasteiger partial charge in [-0.25, -0.2) is 0 Å². The highest BCUT2D eigenvalue weighted by Gasteiger charge is 2.03. The van der Waals surface area contributed by atoms with Gasteiger partial charge in [-0.05, 0) is 62.1 Å². The van der Waals surface area contributed by atoms with Crippen LogP contribution in [-0.2, 0) is 6.42 Å². The maximum Gasteiger partial charge on any atom is 0.193 e. The molecular weight excluding hydrogens is 286 g/mol. The van der Waals surface area contributed by atoms with Crippen molar-refractivity contribution in [2.24, 2.45) is 10.7 Å². The predicted octanol–water partition coefficient (Wildman–Crippen LogP) is 3.59. The van der Waals surface area contributed by atoms with Crippen LogP contribution in [0.1, 0.15) is 22.3 Å². The van der Waals surface area contributed by atoms with Crippen molar-refractivity contribution in [3.8, 4) is 5.75 Å². The van der Waals surface area contributed by atoms with E-state index in [0.717, 1.165) is 23.4 Å². The van der Waals surface area contributed by atoms with Gasteiger partial charge in [-0.3, -0.25) is 4.99 Å². The van der Waals surface area contributed by atoms with Gasteiger partial charge in [-0.15, -0.1) is 0 Å². The molecule has 0 amide bonds. The fourth-order valence-electron chi connectivity index (χ4n) is 2.41. The third-order valence-electron chi connectivity index (χ3n) is 3.88. The smallest absolute Gasteiger partial charge is 0.193 e. The predicted molar refractivity (Wildman–Crippen MR) is 97.5 cm³/mol. The summed E-state index contributed by atoms with van der Waals surface area (Å²) in [5.41, 5.74) is 11.8. The number of aryl methyl sites for hydroxylation is 3. The first-order valence-corrected chi connectivity index (χ1v) is 7.77. The second-order valence-corrected chi connectivity index (χ2v) is 5.76. The lowest BCUT2D eigenvalue weighted by Crippen LogP contribution is -2.23. The Morgan fingerprint density at radius 3 is 2.57 bits per heavy atom. The number of nitrogens with one attached hydrogen (secondary N) is 1. The van der Waals surface area contributed by atoms with Crippen molar-refractivity contribution in [2.45, 2.75) is 27.2 Å². The summed E-state index contributed by atoms with van der Waals surface area (Å²) in [6.45, 7) is 6.86. The summed E-state index contributed by atoms with van der Waals surface area (Å²) in [7, 11) is 1.69. The summed E-state index contributed by atoms with van der Waals surface area (Å²) in [6.07, 6.45) is 0.792. The number of aliphatic imine (C=N–C) groups is 1. The zero-order valence-electron chi connectivity index (χ0n) is 14.3. The molecule has 2 aromatic carbocycles. The van der Waals surface area contributed by atoms with Crippen molar-refractivity contribution in [2.75, 3.05) is 19.0 Å². The SMILES string of the molecule is COc1ccc(C)cc1CCN=C(N)Nc1ccc(C)c(C)c1. The molecule has 0 aromatic heterocycles. The molecule has 0 bridgehead atoms. The Balaban J connectivity index is 1.97. The third kappa shape index (κ3) is 4.74. The summed E-state index contributed by atoms with van der Waals surface area (Å²) in [5, 5.41) is 3.13. The summed E-state index contributed by atoms with van der Waals surface area (Å²) >= 11 is 0. The standard InChI is InChI=1S/C19H25N3O/c1-13-5-8-18(23-4)16(11-13)9-10-21-19(20)22-17-7-6-14(2)15(3)12-17/h5-8,11-12H,9-10H2,1-4H3,(H3,20,21,22). The lowest BCUT2D eigenvalue weighted by Gasteiger charge is -2.10. The normalized spacial score (nSPS) is 11.4. The maximum absolute atomic E-state index is 5.97. The van der Waals surface area contributed by atoms with Gasteiger partial charge in [0, 0.05) is 12.2 Å². The topological polar surface area (TPSA) is 59.6 Å². The summed E-state index contributed by atoms with van der Waals surface area (Å²) < 4.78 is 5.38. The molecule has 0 aliphatic heterocycles. The van der Waals surface area contributed by atoms with Gasteiger partial charge in [-0.1, -0.05) is 23.8 Å². The molecule has 0 atom stereocenters.